The van der Waals surface area contributed by atoms with Crippen molar-refractivity contribution in [1.29, 1.82) is 0 Å². The minimum absolute atomic E-state index is 0.0678. The van der Waals surface area contributed by atoms with Crippen molar-refractivity contribution in [2.45, 2.75) is 25.4 Å². The molecule has 2 N–H and O–H groups in total. The first-order valence-electron chi connectivity index (χ1n) is 8.48. The fourth-order valence-electron chi connectivity index (χ4n) is 2.63. The largest absolute Gasteiger partial charge is 0.442 e. The number of hydrogen-bond donors (Lipinski definition) is 2. The maximum absolute atomic E-state index is 14.7. The predicted molar refractivity (Wildman–Crippen MR) is 101 cm³/mol. The Kier molecular flexibility index (Phi) is 6.01. The average molecular weight is 424 g/mol. The number of rotatable bonds is 5. The van der Waals surface area contributed by atoms with Crippen LogP contribution >= 0.6 is 11.8 Å². The van der Waals surface area contributed by atoms with E-state index in [0.717, 1.165) is 24.8 Å². The maximum Gasteiger partial charge on any atom is 0.414 e. The molecular weight excluding hydrogens is 407 g/mol. The molecule has 1 fully saturated rings. The van der Waals surface area contributed by atoms with Crippen LogP contribution in [0.25, 0.3) is 0 Å². The van der Waals surface area contributed by atoms with Crippen molar-refractivity contribution in [1.82, 2.24) is 10.7 Å². The first kappa shape index (κ1) is 20.6. The zero-order valence-corrected chi connectivity index (χ0v) is 16.2. The molecule has 2 aliphatic rings. The molecule has 2 aliphatic heterocycles. The van der Waals surface area contributed by atoms with E-state index >= 15 is 0 Å². The van der Waals surface area contributed by atoms with Crippen LogP contribution in [-0.2, 0) is 23.9 Å². The first-order valence-corrected chi connectivity index (χ1v) is 9.36. The minimum atomic E-state index is -1.18. The molecule has 0 bridgehead atoms. The molecule has 0 aromatic heterocycles. The molecule has 154 valence electrons. The number of carbonyl (C=O) groups excluding carboxylic acids is 4. The van der Waals surface area contributed by atoms with Crippen LogP contribution in [0.2, 0.25) is 0 Å². The van der Waals surface area contributed by atoms with E-state index in [2.05, 4.69) is 15.8 Å². The van der Waals surface area contributed by atoms with Crippen molar-refractivity contribution < 1.29 is 33.0 Å². The van der Waals surface area contributed by atoms with E-state index in [9.17, 15) is 23.6 Å². The van der Waals surface area contributed by atoms with Crippen molar-refractivity contribution in [2.24, 2.45) is 5.10 Å². The van der Waals surface area contributed by atoms with E-state index in [1.54, 1.807) is 0 Å². The van der Waals surface area contributed by atoms with Gasteiger partial charge in [-0.05, 0) is 30.0 Å². The van der Waals surface area contributed by atoms with Crippen LogP contribution in [0, 0.1) is 5.82 Å². The van der Waals surface area contributed by atoms with Crippen LogP contribution in [0.15, 0.2) is 23.3 Å². The Morgan fingerprint density at radius 1 is 1.41 bits per heavy atom. The summed E-state index contributed by atoms with van der Waals surface area (Å²) in [7, 11) is 0. The van der Waals surface area contributed by atoms with Gasteiger partial charge in [-0.1, -0.05) is 0 Å². The number of esters is 1. The monoisotopic (exact) mass is 424 g/mol. The maximum atomic E-state index is 14.7. The van der Waals surface area contributed by atoms with Gasteiger partial charge in [0.25, 0.3) is 5.91 Å². The molecule has 2 heterocycles. The summed E-state index contributed by atoms with van der Waals surface area (Å²) in [4.78, 5) is 47.1. The lowest BCUT2D eigenvalue weighted by molar-refractivity contribution is -0.148. The summed E-state index contributed by atoms with van der Waals surface area (Å²) < 4.78 is 24.7. The van der Waals surface area contributed by atoms with Gasteiger partial charge in [-0.15, -0.1) is 0 Å². The van der Waals surface area contributed by atoms with Gasteiger partial charge in [-0.25, -0.2) is 14.6 Å². The fraction of sp³-hybridized carbons (Fsp3) is 0.353. The molecule has 10 nitrogen and oxygen atoms in total. The van der Waals surface area contributed by atoms with E-state index < -0.39 is 35.3 Å². The quantitative estimate of drug-likeness (QED) is 0.666. The topological polar surface area (TPSA) is 126 Å². The average Bonchev–Trinajstić information content (AvgIpc) is 3.02. The molecule has 1 aromatic rings. The molecule has 2 atom stereocenters. The number of hydrazone groups is 1. The molecule has 1 aromatic carbocycles. The summed E-state index contributed by atoms with van der Waals surface area (Å²) in [5.74, 6) is -2.23. The van der Waals surface area contributed by atoms with Crippen molar-refractivity contribution in [2.75, 3.05) is 18.0 Å². The van der Waals surface area contributed by atoms with E-state index in [0.29, 0.717) is 0 Å². The number of cyclic esters (lactones) is 1. The highest BCUT2D eigenvalue weighted by atomic mass is 32.2. The highest BCUT2D eigenvalue weighted by Gasteiger charge is 2.34. The van der Waals surface area contributed by atoms with E-state index in [-0.39, 0.29) is 35.3 Å². The van der Waals surface area contributed by atoms with E-state index in [4.69, 9.17) is 9.47 Å². The van der Waals surface area contributed by atoms with Crippen LogP contribution in [0.5, 0.6) is 0 Å². The standard InChI is InChI=1S/C17H17FN4O6S/c1-8(23)19-6-11-7-22(17(26)28-11)10-3-4-12(13(18)5-10)15-21-20-14(25)16(29-15)27-9(2)24/h3-5,11,16H,6-7H2,1-2H3,(H,19,23)(H,20,25). The van der Waals surface area contributed by atoms with Gasteiger partial charge in [0.05, 0.1) is 18.8 Å². The van der Waals surface area contributed by atoms with Crippen LogP contribution in [0.4, 0.5) is 14.9 Å². The molecule has 12 heteroatoms. The van der Waals surface area contributed by atoms with Gasteiger partial charge in [0.2, 0.25) is 11.3 Å². The second-order valence-electron chi connectivity index (χ2n) is 6.17. The minimum Gasteiger partial charge on any atom is -0.442 e. The van der Waals surface area contributed by atoms with Crippen LogP contribution in [0.1, 0.15) is 19.4 Å². The number of benzene rings is 1. The van der Waals surface area contributed by atoms with E-state index in [1.807, 2.05) is 0 Å². The number of ether oxygens (including phenoxy) is 2. The van der Waals surface area contributed by atoms with Crippen LogP contribution < -0.4 is 15.6 Å². The van der Waals surface area contributed by atoms with Gasteiger partial charge >= 0.3 is 12.1 Å². The van der Waals surface area contributed by atoms with Gasteiger partial charge in [-0.3, -0.25) is 19.3 Å². The second-order valence-corrected chi connectivity index (χ2v) is 7.22. The normalized spacial score (nSPS) is 21.2. The van der Waals surface area contributed by atoms with Crippen LogP contribution in [-0.4, -0.2) is 53.6 Å². The third-order valence-electron chi connectivity index (χ3n) is 3.92. The van der Waals surface area contributed by atoms with Gasteiger partial charge in [0.1, 0.15) is 17.0 Å². The fourth-order valence-corrected chi connectivity index (χ4v) is 3.57. The van der Waals surface area contributed by atoms with Crippen molar-refractivity contribution in [3.63, 3.8) is 0 Å². The summed E-state index contributed by atoms with van der Waals surface area (Å²) in [5, 5.41) is 6.47. The van der Waals surface area contributed by atoms with Crippen molar-refractivity contribution in [3.05, 3.63) is 29.6 Å². The van der Waals surface area contributed by atoms with Gasteiger partial charge in [-0.2, -0.15) is 5.10 Å². The molecule has 0 radical (unpaired) electrons. The Bertz CT molecular complexity index is 908. The number of anilines is 1. The molecule has 3 amide bonds. The Labute approximate surface area is 168 Å². The highest BCUT2D eigenvalue weighted by Crippen LogP contribution is 2.29. The number of nitrogens with one attached hydrogen (secondary N) is 2. The molecule has 0 saturated carbocycles. The lowest BCUT2D eigenvalue weighted by Crippen LogP contribution is -2.37. The van der Waals surface area contributed by atoms with Gasteiger partial charge in [0.15, 0.2) is 0 Å². The SMILES string of the molecule is CC(=O)NCC1CN(c2ccc(C3=NNC(=O)C(OC(C)=O)S3)c(F)c2)C(=O)O1. The van der Waals surface area contributed by atoms with Gasteiger partial charge < -0.3 is 14.8 Å². The predicted octanol–water partition coefficient (Wildman–Crippen LogP) is 0.701. The number of hydrogen-bond acceptors (Lipinski definition) is 8. The third-order valence-corrected chi connectivity index (χ3v) is 4.98. The van der Waals surface area contributed by atoms with Crippen molar-refractivity contribution in [3.8, 4) is 0 Å². The zero-order chi connectivity index (χ0) is 21.1. The Balaban J connectivity index is 1.74. The summed E-state index contributed by atoms with van der Waals surface area (Å²) in [6.45, 7) is 2.81. The number of nitrogens with zero attached hydrogens (tertiary/aromatic N) is 2. The summed E-state index contributed by atoms with van der Waals surface area (Å²) >= 11 is 0.793. The van der Waals surface area contributed by atoms with Gasteiger partial charge in [0, 0.05) is 19.4 Å². The molecule has 2 unspecified atom stereocenters. The van der Waals surface area contributed by atoms with Crippen LogP contribution in [0.3, 0.4) is 0 Å². The lowest BCUT2D eigenvalue weighted by Gasteiger charge is -2.21. The number of carbonyl (C=O) groups is 4. The summed E-state index contributed by atoms with van der Waals surface area (Å²) in [5.41, 5.74) is 1.34. The highest BCUT2D eigenvalue weighted by molar-refractivity contribution is 8.15. The summed E-state index contributed by atoms with van der Waals surface area (Å²) in [6.07, 6.45) is -1.20. The number of amides is 3. The number of thioether (sulfide) groups is 1. The zero-order valence-electron chi connectivity index (χ0n) is 15.4. The molecule has 0 aliphatic carbocycles. The third kappa shape index (κ3) is 4.83. The molecule has 3 rings (SSSR count). The molecular formula is C17H17FN4O6S. The smallest absolute Gasteiger partial charge is 0.414 e. The molecule has 29 heavy (non-hydrogen) atoms. The molecule has 1 saturated heterocycles. The molecule has 0 spiro atoms. The van der Waals surface area contributed by atoms with E-state index in [1.165, 1.54) is 24.0 Å². The second kappa shape index (κ2) is 8.47. The summed E-state index contributed by atoms with van der Waals surface area (Å²) in [6, 6.07) is 4.03. The Morgan fingerprint density at radius 2 is 2.17 bits per heavy atom. The first-order chi connectivity index (χ1) is 13.7. The lowest BCUT2D eigenvalue weighted by atomic mass is 10.2. The van der Waals surface area contributed by atoms with Crippen molar-refractivity contribution >= 4 is 46.4 Å². The number of halogens is 1. The Morgan fingerprint density at radius 3 is 2.83 bits per heavy atom. The Hall–Kier alpha value is -3.15.